The highest BCUT2D eigenvalue weighted by molar-refractivity contribution is 5.67. The van der Waals surface area contributed by atoms with Crippen LogP contribution in [0.15, 0.2) is 12.1 Å². The molecule has 2 aromatic heterocycles. The van der Waals surface area contributed by atoms with Gasteiger partial charge in [0.15, 0.2) is 0 Å². The number of halogens is 1. The van der Waals surface area contributed by atoms with Gasteiger partial charge in [0, 0.05) is 29.4 Å². The number of pyridine rings is 1. The van der Waals surface area contributed by atoms with E-state index in [-0.39, 0.29) is 17.4 Å². The molecule has 0 bridgehead atoms. The lowest BCUT2D eigenvalue weighted by Crippen LogP contribution is -2.50. The van der Waals surface area contributed by atoms with Crippen LogP contribution in [0.1, 0.15) is 31.5 Å². The van der Waals surface area contributed by atoms with Crippen LogP contribution in [0.2, 0.25) is 0 Å². The fourth-order valence-corrected chi connectivity index (χ4v) is 3.73. The highest BCUT2D eigenvalue weighted by Gasteiger charge is 2.38. The van der Waals surface area contributed by atoms with Crippen molar-refractivity contribution in [2.45, 2.75) is 33.1 Å². The molecule has 3 heterocycles. The summed E-state index contributed by atoms with van der Waals surface area (Å²) in [4.78, 5) is 3.94. The number of aromatic amines is 1. The third-order valence-electron chi connectivity index (χ3n) is 5.52. The van der Waals surface area contributed by atoms with E-state index in [1.54, 1.807) is 0 Å². The molecule has 26 heavy (non-hydrogen) atoms. The lowest BCUT2D eigenvalue weighted by atomic mass is 9.76. The molecule has 1 saturated heterocycles. The molecule has 3 N–H and O–H groups in total. The van der Waals surface area contributed by atoms with Gasteiger partial charge in [-0.05, 0) is 30.7 Å². The third kappa shape index (κ3) is 3.21. The molecule has 1 aliphatic carbocycles. The van der Waals surface area contributed by atoms with Gasteiger partial charge in [0.05, 0.1) is 30.9 Å². The Morgan fingerprint density at radius 1 is 1.35 bits per heavy atom. The predicted molar refractivity (Wildman–Crippen MR) is 96.4 cm³/mol. The Balaban J connectivity index is 1.58. The molecule has 1 aliphatic heterocycles. The van der Waals surface area contributed by atoms with Gasteiger partial charge in [0.1, 0.15) is 5.82 Å². The van der Waals surface area contributed by atoms with E-state index < -0.39 is 5.95 Å². The Morgan fingerprint density at radius 3 is 2.85 bits per heavy atom. The summed E-state index contributed by atoms with van der Waals surface area (Å²) < 4.78 is 19.3. The topological polar surface area (TPSA) is 83.1 Å². The van der Waals surface area contributed by atoms with Crippen LogP contribution in [0.25, 0.3) is 11.3 Å². The Kier molecular flexibility index (Phi) is 4.23. The number of nitrogens with zero attached hydrogens (tertiary/aromatic N) is 2. The minimum absolute atomic E-state index is 0.0326. The molecule has 0 unspecified atom stereocenters. The zero-order valence-electron chi connectivity index (χ0n) is 15.2. The molecule has 140 valence electrons. The van der Waals surface area contributed by atoms with E-state index in [9.17, 15) is 9.50 Å². The quantitative estimate of drug-likeness (QED) is 0.714. The molecule has 0 spiro atoms. The monoisotopic (exact) mass is 360 g/mol. The summed E-state index contributed by atoms with van der Waals surface area (Å²) in [6.45, 7) is 6.04. The number of H-pyrrole nitrogens is 1. The molecule has 0 radical (unpaired) electrons. The molecular weight excluding hydrogens is 335 g/mol. The SMILES string of the molecule is CC1(C)CCc2c(-c3cc(F)nc(NCC4(CO)COC4)c3)n[nH]c2C1. The fraction of sp³-hybridized carbons (Fsp3) is 0.579. The molecule has 2 aromatic rings. The second-order valence-corrected chi connectivity index (χ2v) is 8.44. The summed E-state index contributed by atoms with van der Waals surface area (Å²) in [6, 6.07) is 3.25. The number of ether oxygens (including phenoxy) is 1. The summed E-state index contributed by atoms with van der Waals surface area (Å²) in [5.74, 6) is -0.0894. The van der Waals surface area contributed by atoms with Crippen molar-refractivity contribution in [1.29, 1.82) is 0 Å². The van der Waals surface area contributed by atoms with Crippen molar-refractivity contribution >= 4 is 5.82 Å². The van der Waals surface area contributed by atoms with Crippen molar-refractivity contribution in [1.82, 2.24) is 15.2 Å². The van der Waals surface area contributed by atoms with E-state index in [1.165, 1.54) is 11.6 Å². The fourth-order valence-electron chi connectivity index (χ4n) is 3.73. The van der Waals surface area contributed by atoms with Gasteiger partial charge in [-0.2, -0.15) is 9.49 Å². The maximum absolute atomic E-state index is 14.1. The zero-order chi connectivity index (χ0) is 18.4. The normalized spacial score (nSPS) is 20.3. The molecule has 0 amide bonds. The Labute approximate surface area is 152 Å². The van der Waals surface area contributed by atoms with Crippen molar-refractivity contribution in [3.8, 4) is 11.3 Å². The number of anilines is 1. The first-order valence-corrected chi connectivity index (χ1v) is 9.06. The molecule has 0 aromatic carbocycles. The van der Waals surface area contributed by atoms with Crippen LogP contribution >= 0.6 is 0 Å². The number of aromatic nitrogens is 3. The molecule has 0 saturated carbocycles. The van der Waals surface area contributed by atoms with Gasteiger partial charge in [-0.1, -0.05) is 13.8 Å². The minimum Gasteiger partial charge on any atom is -0.396 e. The van der Waals surface area contributed by atoms with E-state index in [2.05, 4.69) is 34.3 Å². The number of rotatable bonds is 5. The smallest absolute Gasteiger partial charge is 0.215 e. The highest BCUT2D eigenvalue weighted by atomic mass is 19.1. The van der Waals surface area contributed by atoms with Crippen molar-refractivity contribution in [3.05, 3.63) is 29.3 Å². The Bertz CT molecular complexity index is 808. The largest absolute Gasteiger partial charge is 0.396 e. The van der Waals surface area contributed by atoms with E-state index in [4.69, 9.17) is 4.74 Å². The number of aliphatic hydroxyl groups excluding tert-OH is 1. The van der Waals surface area contributed by atoms with Gasteiger partial charge in [-0.15, -0.1) is 0 Å². The van der Waals surface area contributed by atoms with E-state index in [0.717, 1.165) is 36.2 Å². The molecule has 7 heteroatoms. The molecule has 2 aliphatic rings. The summed E-state index contributed by atoms with van der Waals surface area (Å²) in [7, 11) is 0. The molecule has 1 fully saturated rings. The number of hydrogen-bond donors (Lipinski definition) is 3. The first kappa shape index (κ1) is 17.4. The maximum Gasteiger partial charge on any atom is 0.215 e. The van der Waals surface area contributed by atoms with Gasteiger partial charge in [0.2, 0.25) is 5.95 Å². The zero-order valence-corrected chi connectivity index (χ0v) is 15.2. The lowest BCUT2D eigenvalue weighted by Gasteiger charge is -2.39. The van der Waals surface area contributed by atoms with Crippen LogP contribution in [-0.4, -0.2) is 46.7 Å². The van der Waals surface area contributed by atoms with Crippen molar-refractivity contribution in [3.63, 3.8) is 0 Å². The number of aliphatic hydroxyl groups is 1. The van der Waals surface area contributed by atoms with Crippen LogP contribution in [-0.2, 0) is 17.6 Å². The summed E-state index contributed by atoms with van der Waals surface area (Å²) in [6.07, 6.45) is 2.98. The minimum atomic E-state index is -0.541. The van der Waals surface area contributed by atoms with Crippen LogP contribution in [0, 0.1) is 16.8 Å². The first-order chi connectivity index (χ1) is 12.4. The van der Waals surface area contributed by atoms with Crippen molar-refractivity contribution < 1.29 is 14.2 Å². The molecule has 4 rings (SSSR count). The van der Waals surface area contributed by atoms with Gasteiger partial charge >= 0.3 is 0 Å². The third-order valence-corrected chi connectivity index (χ3v) is 5.52. The van der Waals surface area contributed by atoms with Crippen molar-refractivity contribution in [2.75, 3.05) is 31.7 Å². The number of nitrogens with one attached hydrogen (secondary N) is 2. The highest BCUT2D eigenvalue weighted by Crippen LogP contribution is 2.38. The van der Waals surface area contributed by atoms with E-state index >= 15 is 0 Å². The summed E-state index contributed by atoms with van der Waals surface area (Å²) in [5.41, 5.74) is 3.82. The van der Waals surface area contributed by atoms with Crippen LogP contribution in [0.5, 0.6) is 0 Å². The van der Waals surface area contributed by atoms with E-state index in [0.29, 0.717) is 25.6 Å². The van der Waals surface area contributed by atoms with Gasteiger partial charge in [-0.25, -0.2) is 4.98 Å². The Morgan fingerprint density at radius 2 is 2.15 bits per heavy atom. The number of hydrogen-bond acceptors (Lipinski definition) is 5. The van der Waals surface area contributed by atoms with E-state index in [1.807, 2.05) is 6.07 Å². The molecule has 6 nitrogen and oxygen atoms in total. The molecular formula is C19H25FN4O2. The lowest BCUT2D eigenvalue weighted by molar-refractivity contribution is -0.128. The van der Waals surface area contributed by atoms with Crippen LogP contribution in [0.4, 0.5) is 10.2 Å². The summed E-state index contributed by atoms with van der Waals surface area (Å²) in [5, 5.41) is 20.3. The predicted octanol–water partition coefficient (Wildman–Crippen LogP) is 2.55. The maximum atomic E-state index is 14.1. The average Bonchev–Trinajstić information content (AvgIpc) is 2.95. The van der Waals surface area contributed by atoms with Gasteiger partial charge in [-0.3, -0.25) is 5.10 Å². The van der Waals surface area contributed by atoms with Crippen LogP contribution in [0.3, 0.4) is 0 Å². The standard InChI is InChI=1S/C19H25FN4O2/c1-18(2)4-3-13-14(7-18)23-24-17(13)12-5-15(20)22-16(6-12)21-8-19(9-25)10-26-11-19/h5-6,25H,3-4,7-11H2,1-2H3,(H,21,22)(H,23,24). The Hall–Kier alpha value is -1.99. The second kappa shape index (κ2) is 6.32. The van der Waals surface area contributed by atoms with Crippen molar-refractivity contribution in [2.24, 2.45) is 10.8 Å². The second-order valence-electron chi connectivity index (χ2n) is 8.44. The summed E-state index contributed by atoms with van der Waals surface area (Å²) >= 11 is 0. The first-order valence-electron chi connectivity index (χ1n) is 9.06. The van der Waals surface area contributed by atoms with Gasteiger partial charge in [0.25, 0.3) is 0 Å². The average molecular weight is 360 g/mol. The van der Waals surface area contributed by atoms with Gasteiger partial charge < -0.3 is 15.2 Å². The van der Waals surface area contributed by atoms with Crippen LogP contribution < -0.4 is 5.32 Å². The molecule has 0 atom stereocenters. The number of fused-ring (bicyclic) bond motifs is 1.